The van der Waals surface area contributed by atoms with Gasteiger partial charge in [0.2, 0.25) is 6.79 Å². The van der Waals surface area contributed by atoms with Crippen molar-refractivity contribution in [1.29, 1.82) is 0 Å². The van der Waals surface area contributed by atoms with Crippen molar-refractivity contribution < 1.29 is 9.47 Å². The lowest BCUT2D eigenvalue weighted by atomic mass is 9.49. The van der Waals surface area contributed by atoms with Crippen molar-refractivity contribution in [1.82, 2.24) is 0 Å². The summed E-state index contributed by atoms with van der Waals surface area (Å²) < 4.78 is 10.8. The first-order valence-corrected chi connectivity index (χ1v) is 7.47. The molecular weight excluding hydrogens is 250 g/mol. The van der Waals surface area contributed by atoms with Gasteiger partial charge in [-0.2, -0.15) is 0 Å². The minimum atomic E-state index is 0.335. The topological polar surface area (TPSA) is 30.5 Å². The van der Waals surface area contributed by atoms with E-state index < -0.39 is 0 Å². The van der Waals surface area contributed by atoms with Crippen molar-refractivity contribution in [3.63, 3.8) is 0 Å². The van der Waals surface area contributed by atoms with Gasteiger partial charge in [0.25, 0.3) is 0 Å². The molecule has 0 amide bonds. The molecule has 1 saturated carbocycles. The first kappa shape index (κ1) is 12.1. The third-order valence-corrected chi connectivity index (χ3v) is 5.45. The summed E-state index contributed by atoms with van der Waals surface area (Å²) >= 11 is 0. The Hall–Kier alpha value is -1.64. The fourth-order valence-electron chi connectivity index (χ4n) is 3.89. The van der Waals surface area contributed by atoms with Gasteiger partial charge in [-0.15, -0.1) is 0 Å². The Morgan fingerprint density at radius 1 is 1.25 bits per heavy atom. The van der Waals surface area contributed by atoms with Gasteiger partial charge in [0.1, 0.15) is 0 Å². The third-order valence-electron chi connectivity index (χ3n) is 5.45. The Bertz CT molecular complexity index is 576. The molecule has 1 heterocycles. The Labute approximate surface area is 120 Å². The standard InChI is InChI=1S/C17H21NO2/c1-17(2)12-4-3-11(14(17)7-12)9-18-13-5-6-15-16(8-13)20-10-19-15/h3,5-6,8,12,14,18H,4,7,9-10H2,1-2H3/t12-,14+/m0/s1. The molecule has 0 spiro atoms. The zero-order valence-electron chi connectivity index (χ0n) is 12.1. The first-order valence-electron chi connectivity index (χ1n) is 7.47. The van der Waals surface area contributed by atoms with E-state index in [-0.39, 0.29) is 0 Å². The van der Waals surface area contributed by atoms with Crippen LogP contribution in [0.3, 0.4) is 0 Å². The number of benzene rings is 1. The molecule has 2 atom stereocenters. The molecule has 0 saturated heterocycles. The summed E-state index contributed by atoms with van der Waals surface area (Å²) in [6.45, 7) is 6.11. The average Bonchev–Trinajstić information content (AvgIpc) is 2.92. The van der Waals surface area contributed by atoms with E-state index in [0.717, 1.165) is 35.6 Å². The van der Waals surface area contributed by atoms with Crippen molar-refractivity contribution in [3.05, 3.63) is 29.8 Å². The largest absolute Gasteiger partial charge is 0.454 e. The van der Waals surface area contributed by atoms with Gasteiger partial charge < -0.3 is 14.8 Å². The average molecular weight is 271 g/mol. The highest BCUT2D eigenvalue weighted by Crippen LogP contribution is 2.59. The van der Waals surface area contributed by atoms with Crippen LogP contribution in [0.15, 0.2) is 29.8 Å². The van der Waals surface area contributed by atoms with Crippen LogP contribution >= 0.6 is 0 Å². The molecule has 0 unspecified atom stereocenters. The highest BCUT2D eigenvalue weighted by atomic mass is 16.7. The van der Waals surface area contributed by atoms with Crippen molar-refractivity contribution >= 4 is 5.69 Å². The quantitative estimate of drug-likeness (QED) is 0.848. The minimum Gasteiger partial charge on any atom is -0.454 e. The van der Waals surface area contributed by atoms with E-state index in [1.807, 2.05) is 12.1 Å². The van der Waals surface area contributed by atoms with E-state index in [1.54, 1.807) is 5.57 Å². The van der Waals surface area contributed by atoms with Crippen molar-refractivity contribution in [2.45, 2.75) is 26.7 Å². The van der Waals surface area contributed by atoms with Gasteiger partial charge in [0.05, 0.1) is 0 Å². The van der Waals surface area contributed by atoms with Gasteiger partial charge in [0, 0.05) is 18.3 Å². The molecule has 0 aromatic heterocycles. The van der Waals surface area contributed by atoms with Gasteiger partial charge in [-0.25, -0.2) is 0 Å². The molecule has 1 aliphatic heterocycles. The SMILES string of the molecule is CC1(C)[C@H]2CC=C(CNc3ccc4c(c3)OCO4)[C@H]1C2. The summed E-state index contributed by atoms with van der Waals surface area (Å²) in [5.74, 6) is 3.36. The lowest BCUT2D eigenvalue weighted by molar-refractivity contribution is -0.00629. The highest BCUT2D eigenvalue weighted by molar-refractivity contribution is 5.56. The van der Waals surface area contributed by atoms with E-state index in [2.05, 4.69) is 31.3 Å². The maximum absolute atomic E-state index is 5.42. The molecule has 106 valence electrons. The smallest absolute Gasteiger partial charge is 0.231 e. The maximum Gasteiger partial charge on any atom is 0.231 e. The van der Waals surface area contributed by atoms with E-state index >= 15 is 0 Å². The van der Waals surface area contributed by atoms with Crippen LogP contribution in [-0.2, 0) is 0 Å². The number of hydrogen-bond acceptors (Lipinski definition) is 3. The molecule has 5 rings (SSSR count). The second kappa shape index (κ2) is 4.18. The Balaban J connectivity index is 1.45. The van der Waals surface area contributed by atoms with E-state index in [0.29, 0.717) is 12.2 Å². The van der Waals surface area contributed by atoms with Gasteiger partial charge in [-0.05, 0) is 42.2 Å². The number of hydrogen-bond donors (Lipinski definition) is 1. The van der Waals surface area contributed by atoms with Crippen LogP contribution < -0.4 is 14.8 Å². The van der Waals surface area contributed by atoms with Crippen LogP contribution in [0, 0.1) is 17.3 Å². The predicted molar refractivity (Wildman–Crippen MR) is 79.1 cm³/mol. The second-order valence-corrected chi connectivity index (χ2v) is 6.74. The lowest BCUT2D eigenvalue weighted by Crippen LogP contribution is -2.49. The van der Waals surface area contributed by atoms with Crippen LogP contribution in [-0.4, -0.2) is 13.3 Å². The number of nitrogens with one attached hydrogen (secondary N) is 1. The summed E-state index contributed by atoms with van der Waals surface area (Å²) in [4.78, 5) is 0. The zero-order valence-corrected chi connectivity index (χ0v) is 12.1. The van der Waals surface area contributed by atoms with E-state index in [1.165, 1.54) is 12.8 Å². The number of rotatable bonds is 3. The Kier molecular flexibility index (Phi) is 2.53. The van der Waals surface area contributed by atoms with Gasteiger partial charge in [0.15, 0.2) is 11.5 Å². The van der Waals surface area contributed by atoms with Crippen LogP contribution in [0.1, 0.15) is 26.7 Å². The fraction of sp³-hybridized carbons (Fsp3) is 0.529. The third kappa shape index (κ3) is 1.72. The van der Waals surface area contributed by atoms with Crippen molar-refractivity contribution in [3.8, 4) is 11.5 Å². The van der Waals surface area contributed by atoms with Crippen LogP contribution in [0.4, 0.5) is 5.69 Å². The fourth-order valence-corrected chi connectivity index (χ4v) is 3.89. The molecule has 20 heavy (non-hydrogen) atoms. The molecule has 2 bridgehead atoms. The highest BCUT2D eigenvalue weighted by Gasteiger charge is 2.50. The number of anilines is 1. The summed E-state index contributed by atoms with van der Waals surface area (Å²) in [5, 5.41) is 3.53. The van der Waals surface area contributed by atoms with Gasteiger partial charge in [-0.3, -0.25) is 0 Å². The first-order chi connectivity index (χ1) is 9.64. The summed E-state index contributed by atoms with van der Waals surface area (Å²) in [6, 6.07) is 6.06. The molecule has 4 aliphatic rings. The molecular formula is C17H21NO2. The summed E-state index contributed by atoms with van der Waals surface area (Å²) in [7, 11) is 0. The monoisotopic (exact) mass is 271 g/mol. The maximum atomic E-state index is 5.42. The van der Waals surface area contributed by atoms with Crippen LogP contribution in [0.5, 0.6) is 11.5 Å². The van der Waals surface area contributed by atoms with Gasteiger partial charge >= 0.3 is 0 Å². The Morgan fingerprint density at radius 3 is 2.90 bits per heavy atom. The van der Waals surface area contributed by atoms with E-state index in [9.17, 15) is 0 Å². The van der Waals surface area contributed by atoms with Crippen LogP contribution in [0.2, 0.25) is 0 Å². The molecule has 1 aromatic rings. The number of fused-ring (bicyclic) bond motifs is 2. The summed E-state index contributed by atoms with van der Waals surface area (Å²) in [5.41, 5.74) is 3.19. The summed E-state index contributed by atoms with van der Waals surface area (Å²) in [6.07, 6.45) is 5.08. The molecule has 0 radical (unpaired) electrons. The molecule has 3 nitrogen and oxygen atoms in total. The molecule has 1 aromatic carbocycles. The predicted octanol–water partition coefficient (Wildman–Crippen LogP) is 3.82. The number of allylic oxidation sites excluding steroid dienone is 1. The second-order valence-electron chi connectivity index (χ2n) is 6.74. The molecule has 1 N–H and O–H groups in total. The molecule has 3 heteroatoms. The zero-order chi connectivity index (χ0) is 13.7. The molecule has 1 fully saturated rings. The normalized spacial score (nSPS) is 28.6. The number of ether oxygens (including phenoxy) is 2. The minimum absolute atomic E-state index is 0.335. The van der Waals surface area contributed by atoms with Crippen molar-refractivity contribution in [2.75, 3.05) is 18.7 Å². The van der Waals surface area contributed by atoms with Gasteiger partial charge in [-0.1, -0.05) is 25.5 Å². The Morgan fingerprint density at radius 2 is 2.10 bits per heavy atom. The molecule has 3 aliphatic carbocycles. The lowest BCUT2D eigenvalue weighted by Gasteiger charge is -2.56. The van der Waals surface area contributed by atoms with Crippen LogP contribution in [0.25, 0.3) is 0 Å². The van der Waals surface area contributed by atoms with Crippen molar-refractivity contribution in [2.24, 2.45) is 17.3 Å². The van der Waals surface area contributed by atoms with E-state index in [4.69, 9.17) is 9.47 Å².